The van der Waals surface area contributed by atoms with Gasteiger partial charge in [0.05, 0.1) is 12.1 Å². The van der Waals surface area contributed by atoms with Gasteiger partial charge in [-0.25, -0.2) is 0 Å². The lowest BCUT2D eigenvalue weighted by atomic mass is 9.94. The first-order valence-corrected chi connectivity index (χ1v) is 8.72. The van der Waals surface area contributed by atoms with Crippen LogP contribution in [-0.2, 0) is 6.54 Å². The van der Waals surface area contributed by atoms with E-state index in [0.29, 0.717) is 18.7 Å². The highest BCUT2D eigenvalue weighted by molar-refractivity contribution is 5.94. The van der Waals surface area contributed by atoms with Gasteiger partial charge in [0, 0.05) is 24.5 Å². The van der Waals surface area contributed by atoms with Crippen molar-refractivity contribution in [2.75, 3.05) is 6.54 Å². The van der Waals surface area contributed by atoms with Gasteiger partial charge < -0.3 is 10.4 Å². The number of amides is 1. The van der Waals surface area contributed by atoms with Crippen molar-refractivity contribution in [2.45, 2.75) is 50.7 Å². The third-order valence-electron chi connectivity index (χ3n) is 4.73. The summed E-state index contributed by atoms with van der Waals surface area (Å²) in [5, 5.41) is 17.7. The Balaban J connectivity index is 1.54. The number of nitrogens with zero attached hydrogens (tertiary/aromatic N) is 2. The van der Waals surface area contributed by atoms with Gasteiger partial charge in [-0.3, -0.25) is 9.48 Å². The second-order valence-corrected chi connectivity index (χ2v) is 6.72. The van der Waals surface area contributed by atoms with Crippen molar-refractivity contribution >= 4 is 5.91 Å². The molecule has 1 aliphatic carbocycles. The Morgan fingerprint density at radius 2 is 1.88 bits per heavy atom. The lowest BCUT2D eigenvalue weighted by molar-refractivity contribution is 0.0246. The summed E-state index contributed by atoms with van der Waals surface area (Å²) in [7, 11) is 0. The van der Waals surface area contributed by atoms with Gasteiger partial charge in [-0.1, -0.05) is 37.8 Å². The first kappa shape index (κ1) is 16.7. The van der Waals surface area contributed by atoms with Crippen LogP contribution in [0.5, 0.6) is 0 Å². The van der Waals surface area contributed by atoms with E-state index >= 15 is 0 Å². The number of aliphatic hydroxyl groups is 1. The van der Waals surface area contributed by atoms with Crippen molar-refractivity contribution in [2.24, 2.45) is 0 Å². The molecule has 1 amide bonds. The van der Waals surface area contributed by atoms with Gasteiger partial charge >= 0.3 is 0 Å². The van der Waals surface area contributed by atoms with E-state index < -0.39 is 5.60 Å². The topological polar surface area (TPSA) is 67.2 Å². The summed E-state index contributed by atoms with van der Waals surface area (Å²) < 4.78 is 1.84. The smallest absolute Gasteiger partial charge is 0.251 e. The molecule has 1 fully saturated rings. The molecule has 128 valence electrons. The SMILES string of the molecule is O=C(NCC1(O)CCCCCC1)c1ccc(Cn2cccn2)cc1. The fraction of sp³-hybridized carbons (Fsp3) is 0.474. The van der Waals surface area contributed by atoms with E-state index in [9.17, 15) is 9.90 Å². The molecular weight excluding hydrogens is 302 g/mol. The second kappa shape index (κ2) is 7.62. The zero-order chi connectivity index (χ0) is 16.8. The molecule has 1 heterocycles. The molecule has 0 aliphatic heterocycles. The number of benzene rings is 1. The highest BCUT2D eigenvalue weighted by Crippen LogP contribution is 2.26. The van der Waals surface area contributed by atoms with Crippen molar-refractivity contribution in [3.05, 3.63) is 53.9 Å². The Labute approximate surface area is 142 Å². The molecule has 0 atom stereocenters. The fourth-order valence-electron chi connectivity index (χ4n) is 3.25. The molecule has 1 aromatic heterocycles. The number of rotatable bonds is 5. The Bertz CT molecular complexity index is 642. The van der Waals surface area contributed by atoms with Gasteiger partial charge in [0.2, 0.25) is 0 Å². The molecular formula is C19H25N3O2. The van der Waals surface area contributed by atoms with Crippen LogP contribution in [-0.4, -0.2) is 32.9 Å². The maximum absolute atomic E-state index is 12.3. The molecule has 0 radical (unpaired) electrons. The molecule has 0 spiro atoms. The summed E-state index contributed by atoms with van der Waals surface area (Å²) in [6, 6.07) is 9.42. The zero-order valence-corrected chi connectivity index (χ0v) is 13.9. The molecule has 0 bridgehead atoms. The number of carbonyl (C=O) groups excluding carboxylic acids is 1. The Morgan fingerprint density at radius 1 is 1.17 bits per heavy atom. The van der Waals surface area contributed by atoms with E-state index in [2.05, 4.69) is 10.4 Å². The van der Waals surface area contributed by atoms with Crippen molar-refractivity contribution in [1.82, 2.24) is 15.1 Å². The summed E-state index contributed by atoms with van der Waals surface area (Å²) >= 11 is 0. The van der Waals surface area contributed by atoms with E-state index in [1.54, 1.807) is 6.20 Å². The standard InChI is InChI=1S/C19H25N3O2/c23-18(20-15-19(24)10-3-1-2-4-11-19)17-8-6-16(7-9-17)14-22-13-5-12-21-22/h5-9,12-13,24H,1-4,10-11,14-15H2,(H,20,23). The molecule has 5 nitrogen and oxygen atoms in total. The molecule has 24 heavy (non-hydrogen) atoms. The number of hydrogen-bond donors (Lipinski definition) is 2. The minimum absolute atomic E-state index is 0.127. The van der Waals surface area contributed by atoms with Gasteiger partial charge in [0.15, 0.2) is 0 Å². The van der Waals surface area contributed by atoms with E-state index in [-0.39, 0.29) is 5.91 Å². The minimum Gasteiger partial charge on any atom is -0.388 e. The quantitative estimate of drug-likeness (QED) is 0.830. The van der Waals surface area contributed by atoms with Gasteiger partial charge in [0.25, 0.3) is 5.91 Å². The largest absolute Gasteiger partial charge is 0.388 e. The molecule has 5 heteroatoms. The molecule has 2 aromatic rings. The van der Waals surface area contributed by atoms with E-state index in [1.807, 2.05) is 41.2 Å². The van der Waals surface area contributed by atoms with Crippen LogP contribution in [0.4, 0.5) is 0 Å². The summed E-state index contributed by atoms with van der Waals surface area (Å²) in [6.07, 6.45) is 9.63. The normalized spacial score (nSPS) is 17.2. The van der Waals surface area contributed by atoms with E-state index in [0.717, 1.165) is 31.2 Å². The molecule has 1 aliphatic rings. The second-order valence-electron chi connectivity index (χ2n) is 6.72. The van der Waals surface area contributed by atoms with Gasteiger partial charge in [-0.05, 0) is 36.6 Å². The van der Waals surface area contributed by atoms with Crippen molar-refractivity contribution < 1.29 is 9.90 Å². The summed E-state index contributed by atoms with van der Waals surface area (Å²) in [4.78, 5) is 12.3. The number of hydrogen-bond acceptors (Lipinski definition) is 3. The Morgan fingerprint density at radius 3 is 2.50 bits per heavy atom. The fourth-order valence-corrected chi connectivity index (χ4v) is 3.25. The maximum Gasteiger partial charge on any atom is 0.251 e. The summed E-state index contributed by atoms with van der Waals surface area (Å²) in [5.74, 6) is -0.127. The zero-order valence-electron chi connectivity index (χ0n) is 13.9. The van der Waals surface area contributed by atoms with Gasteiger partial charge in [0.1, 0.15) is 0 Å². The first-order chi connectivity index (χ1) is 11.6. The molecule has 0 saturated heterocycles. The monoisotopic (exact) mass is 327 g/mol. The summed E-state index contributed by atoms with van der Waals surface area (Å²) in [6.45, 7) is 1.02. The van der Waals surface area contributed by atoms with Crippen molar-refractivity contribution in [1.29, 1.82) is 0 Å². The maximum atomic E-state index is 12.3. The van der Waals surface area contributed by atoms with Crippen LogP contribution >= 0.6 is 0 Å². The van der Waals surface area contributed by atoms with Crippen molar-refractivity contribution in [3.8, 4) is 0 Å². The van der Waals surface area contributed by atoms with E-state index in [4.69, 9.17) is 0 Å². The van der Waals surface area contributed by atoms with Crippen LogP contribution in [0.15, 0.2) is 42.7 Å². The van der Waals surface area contributed by atoms with Crippen LogP contribution in [0.2, 0.25) is 0 Å². The predicted molar refractivity (Wildman–Crippen MR) is 92.8 cm³/mol. The van der Waals surface area contributed by atoms with Crippen LogP contribution < -0.4 is 5.32 Å². The molecule has 1 saturated carbocycles. The average Bonchev–Trinajstić information content (AvgIpc) is 3.00. The first-order valence-electron chi connectivity index (χ1n) is 8.72. The molecule has 3 rings (SSSR count). The summed E-state index contributed by atoms with van der Waals surface area (Å²) in [5.41, 5.74) is 0.973. The number of nitrogens with one attached hydrogen (secondary N) is 1. The van der Waals surface area contributed by atoms with Gasteiger partial charge in [-0.15, -0.1) is 0 Å². The Kier molecular flexibility index (Phi) is 5.30. The van der Waals surface area contributed by atoms with Crippen LogP contribution in [0.1, 0.15) is 54.4 Å². The minimum atomic E-state index is -0.744. The van der Waals surface area contributed by atoms with E-state index in [1.165, 1.54) is 12.8 Å². The highest BCUT2D eigenvalue weighted by Gasteiger charge is 2.28. The molecule has 2 N–H and O–H groups in total. The van der Waals surface area contributed by atoms with Crippen molar-refractivity contribution in [3.63, 3.8) is 0 Å². The van der Waals surface area contributed by atoms with Gasteiger partial charge in [-0.2, -0.15) is 5.10 Å². The average molecular weight is 327 g/mol. The molecule has 0 unspecified atom stereocenters. The van der Waals surface area contributed by atoms with Crippen LogP contribution in [0, 0.1) is 0 Å². The lowest BCUT2D eigenvalue weighted by Crippen LogP contribution is -2.42. The van der Waals surface area contributed by atoms with Crippen LogP contribution in [0.25, 0.3) is 0 Å². The number of carbonyl (C=O) groups is 1. The highest BCUT2D eigenvalue weighted by atomic mass is 16.3. The van der Waals surface area contributed by atoms with Crippen LogP contribution in [0.3, 0.4) is 0 Å². The third-order valence-corrected chi connectivity index (χ3v) is 4.73. The Hall–Kier alpha value is -2.14. The third kappa shape index (κ3) is 4.45. The molecule has 1 aromatic carbocycles. The predicted octanol–water partition coefficient (Wildman–Crippen LogP) is 2.75. The lowest BCUT2D eigenvalue weighted by Gasteiger charge is -2.26. The number of aromatic nitrogens is 2.